The highest BCUT2D eigenvalue weighted by atomic mass is 16.2. The van der Waals surface area contributed by atoms with Gasteiger partial charge in [-0.3, -0.25) is 14.3 Å². The summed E-state index contributed by atoms with van der Waals surface area (Å²) in [6, 6.07) is 7.45. The smallest absolute Gasteiger partial charge is 0.326 e. The number of nitrogens with one attached hydrogen (secondary N) is 2. The number of imidazole rings is 1. The second kappa shape index (κ2) is 7.53. The van der Waals surface area contributed by atoms with Crippen molar-refractivity contribution in [1.82, 2.24) is 19.8 Å². The molecule has 7 heteroatoms. The van der Waals surface area contributed by atoms with Gasteiger partial charge in [-0.15, -0.1) is 0 Å². The minimum Gasteiger partial charge on any atom is -0.352 e. The van der Waals surface area contributed by atoms with Crippen LogP contribution in [0.1, 0.15) is 30.1 Å². The molecule has 2 heterocycles. The second-order valence-corrected chi connectivity index (χ2v) is 6.52. The van der Waals surface area contributed by atoms with E-state index in [9.17, 15) is 9.59 Å². The van der Waals surface area contributed by atoms with Gasteiger partial charge in [0.2, 0.25) is 0 Å². The van der Waals surface area contributed by atoms with Gasteiger partial charge in [0, 0.05) is 25.2 Å². The molecule has 2 N–H and O–H groups in total. The number of carbonyl (C=O) groups excluding carboxylic acids is 1. The zero-order valence-corrected chi connectivity index (χ0v) is 14.4. The average molecular weight is 341 g/mol. The van der Waals surface area contributed by atoms with Gasteiger partial charge in [-0.05, 0) is 50.4 Å². The van der Waals surface area contributed by atoms with Gasteiger partial charge < -0.3 is 10.3 Å². The van der Waals surface area contributed by atoms with Gasteiger partial charge in [0.15, 0.2) is 0 Å². The molecule has 0 bridgehead atoms. The molecule has 1 saturated heterocycles. The van der Waals surface area contributed by atoms with Crippen molar-refractivity contribution in [3.8, 4) is 6.07 Å². The van der Waals surface area contributed by atoms with E-state index in [1.807, 2.05) is 6.92 Å². The number of hydrogen-bond donors (Lipinski definition) is 2. The molecule has 3 rings (SSSR count). The van der Waals surface area contributed by atoms with Crippen LogP contribution >= 0.6 is 0 Å². The van der Waals surface area contributed by atoms with Gasteiger partial charge in [0.25, 0.3) is 5.91 Å². The van der Waals surface area contributed by atoms with Gasteiger partial charge in [-0.1, -0.05) is 0 Å². The summed E-state index contributed by atoms with van der Waals surface area (Å²) < 4.78 is 1.62. The summed E-state index contributed by atoms with van der Waals surface area (Å²) in [5.41, 5.74) is 1.88. The normalized spacial score (nSPS) is 18.2. The third-order valence-corrected chi connectivity index (χ3v) is 4.80. The van der Waals surface area contributed by atoms with E-state index in [2.05, 4.69) is 21.3 Å². The number of likely N-dealkylation sites (tertiary alicyclic amines) is 1. The first-order chi connectivity index (χ1) is 12.1. The fourth-order valence-corrected chi connectivity index (χ4v) is 3.51. The molecule has 1 unspecified atom stereocenters. The van der Waals surface area contributed by atoms with E-state index in [-0.39, 0.29) is 11.6 Å². The lowest BCUT2D eigenvalue weighted by molar-refractivity contribution is 0.0935. The second-order valence-electron chi connectivity index (χ2n) is 6.52. The van der Waals surface area contributed by atoms with E-state index in [0.29, 0.717) is 31.1 Å². The highest BCUT2D eigenvalue weighted by Gasteiger charge is 2.20. The van der Waals surface area contributed by atoms with Crippen molar-refractivity contribution < 1.29 is 4.79 Å². The van der Waals surface area contributed by atoms with Crippen LogP contribution in [0.2, 0.25) is 0 Å². The van der Waals surface area contributed by atoms with Crippen LogP contribution in [0.25, 0.3) is 11.0 Å². The lowest BCUT2D eigenvalue weighted by atomic mass is 9.98. The first kappa shape index (κ1) is 17.2. The van der Waals surface area contributed by atoms with Crippen molar-refractivity contribution in [1.29, 1.82) is 5.26 Å². The molecule has 1 aliphatic heterocycles. The Balaban J connectivity index is 1.66. The predicted octanol–water partition coefficient (Wildman–Crippen LogP) is 1.31. The molecule has 1 fully saturated rings. The number of hydrogen-bond acceptors (Lipinski definition) is 4. The van der Waals surface area contributed by atoms with Crippen LogP contribution in [0.4, 0.5) is 0 Å². The number of aryl methyl sites for hydroxylation is 1. The molecule has 2 aromatic rings. The summed E-state index contributed by atoms with van der Waals surface area (Å²) in [5, 5.41) is 11.8. The minimum atomic E-state index is -0.158. The number of benzene rings is 1. The van der Waals surface area contributed by atoms with E-state index in [1.54, 1.807) is 22.8 Å². The lowest BCUT2D eigenvalue weighted by Gasteiger charge is -2.31. The van der Waals surface area contributed by atoms with Gasteiger partial charge in [-0.25, -0.2) is 4.79 Å². The van der Waals surface area contributed by atoms with Crippen molar-refractivity contribution in [2.75, 3.05) is 26.2 Å². The van der Waals surface area contributed by atoms with E-state index < -0.39 is 0 Å². The van der Waals surface area contributed by atoms with Crippen LogP contribution in [0.3, 0.4) is 0 Å². The number of aromatic nitrogens is 2. The average Bonchev–Trinajstić information content (AvgIpc) is 2.94. The Bertz CT molecular complexity index is 860. The maximum Gasteiger partial charge on any atom is 0.326 e. The molecular formula is C18H23N5O2. The molecular weight excluding hydrogens is 318 g/mol. The molecule has 1 aromatic carbocycles. The van der Waals surface area contributed by atoms with E-state index in [0.717, 1.165) is 37.0 Å². The van der Waals surface area contributed by atoms with Crippen LogP contribution in [-0.2, 0) is 6.54 Å². The maximum atomic E-state index is 12.5. The lowest BCUT2D eigenvalue weighted by Crippen LogP contribution is -2.41. The fourth-order valence-electron chi connectivity index (χ4n) is 3.51. The Hall–Kier alpha value is -2.59. The van der Waals surface area contributed by atoms with E-state index in [4.69, 9.17) is 5.26 Å². The van der Waals surface area contributed by atoms with Crippen molar-refractivity contribution in [3.05, 3.63) is 34.2 Å². The van der Waals surface area contributed by atoms with Gasteiger partial charge in [0.1, 0.15) is 0 Å². The Morgan fingerprint density at radius 1 is 1.48 bits per heavy atom. The molecule has 25 heavy (non-hydrogen) atoms. The van der Waals surface area contributed by atoms with Gasteiger partial charge in [0.05, 0.1) is 23.6 Å². The van der Waals surface area contributed by atoms with Crippen LogP contribution in [0.5, 0.6) is 0 Å². The Kier molecular flexibility index (Phi) is 5.19. The molecule has 0 aliphatic carbocycles. The summed E-state index contributed by atoms with van der Waals surface area (Å²) in [4.78, 5) is 29.2. The van der Waals surface area contributed by atoms with Crippen LogP contribution in [-0.4, -0.2) is 46.5 Å². The van der Waals surface area contributed by atoms with Gasteiger partial charge >= 0.3 is 5.69 Å². The van der Waals surface area contributed by atoms with Crippen LogP contribution in [0, 0.1) is 17.2 Å². The Morgan fingerprint density at radius 3 is 3.08 bits per heavy atom. The van der Waals surface area contributed by atoms with E-state index >= 15 is 0 Å². The van der Waals surface area contributed by atoms with Crippen LogP contribution < -0.4 is 11.0 Å². The van der Waals surface area contributed by atoms with Gasteiger partial charge in [-0.2, -0.15) is 5.26 Å². The van der Waals surface area contributed by atoms with Crippen molar-refractivity contribution in [3.63, 3.8) is 0 Å². The summed E-state index contributed by atoms with van der Waals surface area (Å²) in [6.45, 7) is 5.31. The highest BCUT2D eigenvalue weighted by molar-refractivity contribution is 5.97. The molecule has 0 saturated carbocycles. The number of aromatic amines is 1. The largest absolute Gasteiger partial charge is 0.352 e. The minimum absolute atomic E-state index is 0.129. The zero-order valence-electron chi connectivity index (χ0n) is 14.4. The van der Waals surface area contributed by atoms with Crippen molar-refractivity contribution in [2.45, 2.75) is 26.3 Å². The molecule has 7 nitrogen and oxygen atoms in total. The highest BCUT2D eigenvalue weighted by Crippen LogP contribution is 2.16. The predicted molar refractivity (Wildman–Crippen MR) is 95.3 cm³/mol. The summed E-state index contributed by atoms with van der Waals surface area (Å²) >= 11 is 0. The number of nitriles is 1. The molecule has 132 valence electrons. The summed E-state index contributed by atoms with van der Waals surface area (Å²) in [5.74, 6) is 0.242. The third kappa shape index (κ3) is 3.74. The molecule has 1 aliphatic rings. The third-order valence-electron chi connectivity index (χ3n) is 4.80. The number of fused-ring (bicyclic) bond motifs is 1. The first-order valence-electron chi connectivity index (χ1n) is 8.72. The van der Waals surface area contributed by atoms with Crippen molar-refractivity contribution >= 4 is 16.9 Å². The van der Waals surface area contributed by atoms with Crippen LogP contribution in [0.15, 0.2) is 23.0 Å². The standard InChI is InChI=1S/C18H23N5O2/c1-2-23-16-10-14(5-6-15(16)21-18(23)25)17(24)20-11-13-4-3-8-22(12-13)9-7-19/h5-6,10,13H,2-4,8-9,11-12H2,1H3,(H,20,24)(H,21,25). The Morgan fingerprint density at radius 2 is 2.32 bits per heavy atom. The number of rotatable bonds is 5. The quantitative estimate of drug-likeness (QED) is 0.802. The topological polar surface area (TPSA) is 93.9 Å². The number of carbonyl (C=O) groups is 1. The summed E-state index contributed by atoms with van der Waals surface area (Å²) in [6.07, 6.45) is 2.12. The summed E-state index contributed by atoms with van der Waals surface area (Å²) in [7, 11) is 0. The molecule has 0 spiro atoms. The van der Waals surface area contributed by atoms with E-state index in [1.165, 1.54) is 0 Å². The molecule has 0 radical (unpaired) electrons. The monoisotopic (exact) mass is 341 g/mol. The SMILES string of the molecule is CCn1c(=O)[nH]c2ccc(C(=O)NCC3CCCN(CC#N)C3)cc21. The maximum absolute atomic E-state index is 12.5. The molecule has 1 aromatic heterocycles. The molecule has 1 amide bonds. The van der Waals surface area contributed by atoms with Crippen molar-refractivity contribution in [2.24, 2.45) is 5.92 Å². The number of piperidine rings is 1. The fraction of sp³-hybridized carbons (Fsp3) is 0.500. The Labute approximate surface area is 146 Å². The zero-order chi connectivity index (χ0) is 17.8. The molecule has 1 atom stereocenters. The first-order valence-corrected chi connectivity index (χ1v) is 8.72. The number of nitrogens with zero attached hydrogens (tertiary/aromatic N) is 3. The number of amides is 1. The number of H-pyrrole nitrogens is 1.